The van der Waals surface area contributed by atoms with Gasteiger partial charge in [0.1, 0.15) is 5.82 Å². The van der Waals surface area contributed by atoms with Crippen LogP contribution in [0, 0.1) is 12.7 Å². The van der Waals surface area contributed by atoms with Gasteiger partial charge in [0.2, 0.25) is 15.9 Å². The molecule has 0 aliphatic carbocycles. The highest BCUT2D eigenvalue weighted by Gasteiger charge is 2.21. The SMILES string of the molecule is CCc1cccc(C)c1NC(=O)CCN(c1ccccc1F)S(C)(=O)=O. The lowest BCUT2D eigenvalue weighted by Gasteiger charge is -2.22. The molecule has 0 aromatic heterocycles. The van der Waals surface area contributed by atoms with Gasteiger partial charge in [0.25, 0.3) is 0 Å². The van der Waals surface area contributed by atoms with Crippen LogP contribution in [0.2, 0.25) is 0 Å². The number of hydrogen-bond donors (Lipinski definition) is 1. The number of hydrogen-bond acceptors (Lipinski definition) is 3. The van der Waals surface area contributed by atoms with Crippen molar-refractivity contribution in [1.82, 2.24) is 0 Å². The van der Waals surface area contributed by atoms with Gasteiger partial charge in [-0.15, -0.1) is 0 Å². The maximum Gasteiger partial charge on any atom is 0.232 e. The van der Waals surface area contributed by atoms with Gasteiger partial charge in [-0.1, -0.05) is 37.3 Å². The third-order valence-corrected chi connectivity index (χ3v) is 5.25. The molecule has 5 nitrogen and oxygen atoms in total. The van der Waals surface area contributed by atoms with Crippen LogP contribution < -0.4 is 9.62 Å². The lowest BCUT2D eigenvalue weighted by atomic mass is 10.1. The standard InChI is InChI=1S/C19H23FN2O3S/c1-4-15-9-7-8-14(2)19(15)21-18(23)12-13-22(26(3,24)25)17-11-6-5-10-16(17)20/h5-11H,4,12-13H2,1-3H3,(H,21,23). The van der Waals surface area contributed by atoms with Crippen LogP contribution in [-0.4, -0.2) is 27.1 Å². The Morgan fingerprint density at radius 1 is 1.15 bits per heavy atom. The highest BCUT2D eigenvalue weighted by Crippen LogP contribution is 2.23. The molecular weight excluding hydrogens is 355 g/mol. The van der Waals surface area contributed by atoms with Crippen molar-refractivity contribution in [3.8, 4) is 0 Å². The van der Waals surface area contributed by atoms with E-state index in [1.54, 1.807) is 6.07 Å². The fraction of sp³-hybridized carbons (Fsp3) is 0.316. The quantitative estimate of drug-likeness (QED) is 0.802. The van der Waals surface area contributed by atoms with Crippen molar-refractivity contribution in [2.75, 3.05) is 22.4 Å². The number of para-hydroxylation sites is 2. The van der Waals surface area contributed by atoms with Crippen molar-refractivity contribution in [3.05, 3.63) is 59.4 Å². The van der Waals surface area contributed by atoms with Gasteiger partial charge in [-0.25, -0.2) is 12.8 Å². The first kappa shape index (κ1) is 19.9. The molecule has 0 aliphatic heterocycles. The molecule has 7 heteroatoms. The van der Waals surface area contributed by atoms with Crippen LogP contribution in [-0.2, 0) is 21.2 Å². The molecule has 0 fully saturated rings. The minimum atomic E-state index is -3.72. The molecule has 0 unspecified atom stereocenters. The number of carbonyl (C=O) groups is 1. The van der Waals surface area contributed by atoms with Crippen LogP contribution in [0.25, 0.3) is 0 Å². The summed E-state index contributed by atoms with van der Waals surface area (Å²) in [5, 5.41) is 2.85. The Labute approximate surface area is 153 Å². The second-order valence-corrected chi connectivity index (χ2v) is 7.95. The van der Waals surface area contributed by atoms with E-state index in [1.165, 1.54) is 18.2 Å². The summed E-state index contributed by atoms with van der Waals surface area (Å²) >= 11 is 0. The largest absolute Gasteiger partial charge is 0.326 e. The number of halogens is 1. The Bertz CT molecular complexity index is 897. The Hall–Kier alpha value is -2.41. The third kappa shape index (κ3) is 4.82. The van der Waals surface area contributed by atoms with Gasteiger partial charge in [-0.3, -0.25) is 9.10 Å². The number of anilines is 2. The third-order valence-electron chi connectivity index (χ3n) is 4.07. The zero-order valence-electron chi connectivity index (χ0n) is 15.1. The molecule has 0 bridgehead atoms. The summed E-state index contributed by atoms with van der Waals surface area (Å²) < 4.78 is 39.0. The zero-order chi connectivity index (χ0) is 19.3. The normalized spacial score (nSPS) is 11.2. The molecule has 1 N–H and O–H groups in total. The molecule has 0 radical (unpaired) electrons. The average molecular weight is 378 g/mol. The second kappa shape index (κ2) is 8.31. The number of benzene rings is 2. The highest BCUT2D eigenvalue weighted by atomic mass is 32.2. The van der Waals surface area contributed by atoms with E-state index < -0.39 is 15.8 Å². The first-order valence-corrected chi connectivity index (χ1v) is 10.2. The molecule has 0 saturated carbocycles. The van der Waals surface area contributed by atoms with E-state index in [0.29, 0.717) is 0 Å². The van der Waals surface area contributed by atoms with E-state index in [1.807, 2.05) is 32.0 Å². The van der Waals surface area contributed by atoms with Gasteiger partial charge < -0.3 is 5.32 Å². The molecule has 2 aromatic carbocycles. The maximum absolute atomic E-state index is 14.0. The molecule has 1 amide bonds. The number of nitrogens with zero attached hydrogens (tertiary/aromatic N) is 1. The maximum atomic E-state index is 14.0. The summed E-state index contributed by atoms with van der Waals surface area (Å²) in [5.41, 5.74) is 2.63. The van der Waals surface area contributed by atoms with Crippen LogP contribution in [0.15, 0.2) is 42.5 Å². The molecule has 0 aliphatic rings. The Morgan fingerprint density at radius 3 is 2.46 bits per heavy atom. The van der Waals surface area contributed by atoms with Crippen molar-refractivity contribution >= 4 is 27.3 Å². The molecular formula is C19H23FN2O3S. The van der Waals surface area contributed by atoms with Gasteiger partial charge >= 0.3 is 0 Å². The fourth-order valence-electron chi connectivity index (χ4n) is 2.73. The van der Waals surface area contributed by atoms with Crippen LogP contribution >= 0.6 is 0 Å². The number of carbonyl (C=O) groups excluding carboxylic acids is 1. The van der Waals surface area contributed by atoms with Gasteiger partial charge in [0.15, 0.2) is 0 Å². The van der Waals surface area contributed by atoms with Crippen molar-refractivity contribution < 1.29 is 17.6 Å². The van der Waals surface area contributed by atoms with E-state index >= 15 is 0 Å². The predicted molar refractivity (Wildman–Crippen MR) is 102 cm³/mol. The molecule has 0 saturated heterocycles. The van der Waals surface area contributed by atoms with Crippen molar-refractivity contribution in [2.45, 2.75) is 26.7 Å². The second-order valence-electron chi connectivity index (χ2n) is 6.05. The number of amides is 1. The lowest BCUT2D eigenvalue weighted by molar-refractivity contribution is -0.116. The minimum absolute atomic E-state index is 0.0621. The minimum Gasteiger partial charge on any atom is -0.326 e. The molecule has 140 valence electrons. The van der Waals surface area contributed by atoms with Crippen LogP contribution in [0.5, 0.6) is 0 Å². The predicted octanol–water partition coefficient (Wildman–Crippen LogP) is 3.49. The first-order valence-electron chi connectivity index (χ1n) is 8.34. The number of nitrogens with one attached hydrogen (secondary N) is 1. The molecule has 2 rings (SSSR count). The summed E-state index contributed by atoms with van der Waals surface area (Å²) in [5.74, 6) is -0.968. The number of aryl methyl sites for hydroxylation is 2. The monoisotopic (exact) mass is 378 g/mol. The van der Waals surface area contributed by atoms with Gasteiger partial charge in [-0.2, -0.15) is 0 Å². The summed E-state index contributed by atoms with van der Waals surface area (Å²) in [6.45, 7) is 3.75. The van der Waals surface area contributed by atoms with Crippen molar-refractivity contribution in [3.63, 3.8) is 0 Å². The lowest BCUT2D eigenvalue weighted by Crippen LogP contribution is -2.33. The molecule has 0 heterocycles. The average Bonchev–Trinajstić information content (AvgIpc) is 2.57. The van der Waals surface area contributed by atoms with Gasteiger partial charge in [-0.05, 0) is 36.6 Å². The van der Waals surface area contributed by atoms with E-state index in [4.69, 9.17) is 0 Å². The summed E-state index contributed by atoms with van der Waals surface area (Å²) in [6, 6.07) is 11.4. The topological polar surface area (TPSA) is 66.5 Å². The molecule has 26 heavy (non-hydrogen) atoms. The van der Waals surface area contributed by atoms with Crippen molar-refractivity contribution in [2.24, 2.45) is 0 Å². The van der Waals surface area contributed by atoms with E-state index in [-0.39, 0.29) is 24.6 Å². The Morgan fingerprint density at radius 2 is 1.85 bits per heavy atom. The summed E-state index contributed by atoms with van der Waals surface area (Å²) in [6.07, 6.45) is 1.68. The molecule has 0 atom stereocenters. The van der Waals surface area contributed by atoms with Crippen molar-refractivity contribution in [1.29, 1.82) is 0 Å². The van der Waals surface area contributed by atoms with Crippen LogP contribution in [0.1, 0.15) is 24.5 Å². The number of sulfonamides is 1. The van der Waals surface area contributed by atoms with Gasteiger partial charge in [0, 0.05) is 18.7 Å². The molecule has 2 aromatic rings. The van der Waals surface area contributed by atoms with Crippen LogP contribution in [0.3, 0.4) is 0 Å². The smallest absolute Gasteiger partial charge is 0.232 e. The summed E-state index contributed by atoms with van der Waals surface area (Å²) in [4.78, 5) is 12.4. The first-order chi connectivity index (χ1) is 12.2. The van der Waals surface area contributed by atoms with Gasteiger partial charge in [0.05, 0.1) is 11.9 Å². The zero-order valence-corrected chi connectivity index (χ0v) is 15.9. The Kier molecular flexibility index (Phi) is 6.37. The Balaban J connectivity index is 2.15. The van der Waals surface area contributed by atoms with E-state index in [9.17, 15) is 17.6 Å². The molecule has 0 spiro atoms. The van der Waals surface area contributed by atoms with E-state index in [2.05, 4.69) is 5.32 Å². The fourth-order valence-corrected chi connectivity index (χ4v) is 3.65. The van der Waals surface area contributed by atoms with Crippen LogP contribution in [0.4, 0.5) is 15.8 Å². The van der Waals surface area contributed by atoms with E-state index in [0.717, 1.165) is 33.8 Å². The summed E-state index contributed by atoms with van der Waals surface area (Å²) in [7, 11) is -3.72. The highest BCUT2D eigenvalue weighted by molar-refractivity contribution is 7.92. The number of rotatable bonds is 7.